The molecular formula is C27H29NO5. The molecule has 33 heavy (non-hydrogen) atoms. The lowest BCUT2D eigenvalue weighted by atomic mass is 9.43. The molecule has 0 saturated heterocycles. The van der Waals surface area contributed by atoms with Gasteiger partial charge < -0.3 is 19.5 Å². The molecule has 7 rings (SSSR count). The Bertz CT molecular complexity index is 1090. The van der Waals surface area contributed by atoms with Crippen molar-refractivity contribution in [3.8, 4) is 11.5 Å². The maximum Gasteiger partial charge on any atom is 0.312 e. The van der Waals surface area contributed by atoms with Crippen LogP contribution in [-0.4, -0.2) is 25.3 Å². The van der Waals surface area contributed by atoms with E-state index in [9.17, 15) is 9.59 Å². The lowest BCUT2D eigenvalue weighted by molar-refractivity contribution is -0.175. The van der Waals surface area contributed by atoms with E-state index in [0.717, 1.165) is 32.1 Å². The van der Waals surface area contributed by atoms with Gasteiger partial charge in [0.2, 0.25) is 6.79 Å². The molecule has 4 aliphatic carbocycles. The lowest BCUT2D eigenvalue weighted by Crippen LogP contribution is -2.57. The highest BCUT2D eigenvalue weighted by Crippen LogP contribution is 2.66. The van der Waals surface area contributed by atoms with Gasteiger partial charge in [-0.25, -0.2) is 0 Å². The average Bonchev–Trinajstić information content (AvgIpc) is 3.25. The fourth-order valence-corrected chi connectivity index (χ4v) is 7.20. The molecule has 0 aromatic heterocycles. The first-order valence-corrected chi connectivity index (χ1v) is 11.9. The topological polar surface area (TPSA) is 73.9 Å². The molecule has 1 N–H and O–H groups in total. The highest BCUT2D eigenvalue weighted by molar-refractivity contribution is 5.93. The van der Waals surface area contributed by atoms with E-state index in [1.54, 1.807) is 18.2 Å². The van der Waals surface area contributed by atoms with Crippen molar-refractivity contribution in [3.05, 3.63) is 53.6 Å². The summed E-state index contributed by atoms with van der Waals surface area (Å²) in [6, 6.07) is 14.1. The Morgan fingerprint density at radius 2 is 1.73 bits per heavy atom. The van der Waals surface area contributed by atoms with Crippen LogP contribution in [0.15, 0.2) is 42.5 Å². The molecule has 6 nitrogen and oxygen atoms in total. The number of amides is 1. The number of fused-ring (bicyclic) bond motifs is 1. The van der Waals surface area contributed by atoms with Gasteiger partial charge in [0.15, 0.2) is 18.1 Å². The van der Waals surface area contributed by atoms with Gasteiger partial charge >= 0.3 is 5.97 Å². The van der Waals surface area contributed by atoms with Gasteiger partial charge in [0.05, 0.1) is 5.41 Å². The summed E-state index contributed by atoms with van der Waals surface area (Å²) in [7, 11) is 0. The summed E-state index contributed by atoms with van der Waals surface area (Å²) in [6.45, 7) is 2.01. The van der Waals surface area contributed by atoms with E-state index in [1.165, 1.54) is 17.5 Å². The highest BCUT2D eigenvalue weighted by Gasteiger charge is 2.61. The Morgan fingerprint density at radius 1 is 1.00 bits per heavy atom. The van der Waals surface area contributed by atoms with Crippen molar-refractivity contribution < 1.29 is 23.8 Å². The number of carbonyl (C=O) groups is 2. The molecule has 5 aliphatic rings. The Kier molecular flexibility index (Phi) is 4.68. The first kappa shape index (κ1) is 20.6. The normalized spacial score (nSPS) is 30.8. The Hall–Kier alpha value is -3.02. The van der Waals surface area contributed by atoms with Crippen molar-refractivity contribution in [2.24, 2.45) is 17.3 Å². The Morgan fingerprint density at radius 3 is 2.48 bits per heavy atom. The summed E-state index contributed by atoms with van der Waals surface area (Å²) in [4.78, 5) is 25.9. The van der Waals surface area contributed by atoms with Crippen molar-refractivity contribution >= 4 is 17.6 Å². The van der Waals surface area contributed by atoms with E-state index >= 15 is 0 Å². The second-order valence-electron chi connectivity index (χ2n) is 10.6. The summed E-state index contributed by atoms with van der Waals surface area (Å²) in [6.07, 6.45) is 6.14. The van der Waals surface area contributed by atoms with Gasteiger partial charge in [0.25, 0.3) is 5.91 Å². The van der Waals surface area contributed by atoms with Gasteiger partial charge in [-0.1, -0.05) is 29.8 Å². The third-order valence-electron chi connectivity index (χ3n) is 8.15. The molecule has 1 aliphatic heterocycles. The first-order valence-electron chi connectivity index (χ1n) is 11.9. The quantitative estimate of drug-likeness (QED) is 0.670. The predicted molar refractivity (Wildman–Crippen MR) is 122 cm³/mol. The van der Waals surface area contributed by atoms with Crippen molar-refractivity contribution in [2.45, 2.75) is 50.9 Å². The largest absolute Gasteiger partial charge is 0.455 e. The zero-order valence-corrected chi connectivity index (χ0v) is 18.9. The summed E-state index contributed by atoms with van der Waals surface area (Å²) >= 11 is 0. The van der Waals surface area contributed by atoms with Crippen molar-refractivity contribution in [3.63, 3.8) is 0 Å². The van der Waals surface area contributed by atoms with Crippen LogP contribution in [0.2, 0.25) is 0 Å². The van der Waals surface area contributed by atoms with E-state index < -0.39 is 5.41 Å². The van der Waals surface area contributed by atoms with Gasteiger partial charge in [-0.05, 0) is 80.4 Å². The van der Waals surface area contributed by atoms with Crippen LogP contribution in [0.1, 0.15) is 49.7 Å². The fraction of sp³-hybridized carbons (Fsp3) is 0.481. The van der Waals surface area contributed by atoms with Crippen LogP contribution in [-0.2, 0) is 19.7 Å². The third kappa shape index (κ3) is 3.56. The Balaban J connectivity index is 1.14. The van der Waals surface area contributed by atoms with Crippen LogP contribution in [0.4, 0.5) is 5.69 Å². The van der Waals surface area contributed by atoms with Crippen LogP contribution in [0, 0.1) is 24.2 Å². The molecule has 0 spiro atoms. The van der Waals surface area contributed by atoms with Gasteiger partial charge in [0.1, 0.15) is 0 Å². The van der Waals surface area contributed by atoms with Gasteiger partial charge in [-0.2, -0.15) is 0 Å². The van der Waals surface area contributed by atoms with Crippen molar-refractivity contribution in [1.29, 1.82) is 0 Å². The van der Waals surface area contributed by atoms with E-state index in [-0.39, 0.29) is 30.7 Å². The molecule has 0 unspecified atom stereocenters. The number of hydrogen-bond donors (Lipinski definition) is 1. The minimum atomic E-state index is -0.464. The number of benzene rings is 2. The minimum absolute atomic E-state index is 0.0611. The SMILES string of the molecule is Cc1ccc(C23C[C@H]4C[C@@H](CC(C(=O)OCC(=O)Nc5ccc6c(c5)OCO6)(C4)C2)C3)cc1. The molecule has 0 radical (unpaired) electrons. The maximum absolute atomic E-state index is 13.4. The lowest BCUT2D eigenvalue weighted by Gasteiger charge is -2.61. The summed E-state index contributed by atoms with van der Waals surface area (Å²) in [5, 5.41) is 2.79. The van der Waals surface area contributed by atoms with E-state index in [4.69, 9.17) is 14.2 Å². The van der Waals surface area contributed by atoms with Crippen LogP contribution in [0.5, 0.6) is 11.5 Å². The molecule has 1 heterocycles. The van der Waals surface area contributed by atoms with Crippen LogP contribution >= 0.6 is 0 Å². The maximum atomic E-state index is 13.4. The first-order chi connectivity index (χ1) is 15.9. The average molecular weight is 448 g/mol. The number of anilines is 1. The zero-order chi connectivity index (χ0) is 22.6. The molecule has 4 bridgehead atoms. The molecule has 4 saturated carbocycles. The van der Waals surface area contributed by atoms with Crippen molar-refractivity contribution in [2.75, 3.05) is 18.7 Å². The molecule has 1 amide bonds. The van der Waals surface area contributed by atoms with E-state index in [2.05, 4.69) is 36.5 Å². The molecule has 6 heteroatoms. The predicted octanol–water partition coefficient (Wildman–Crippen LogP) is 4.74. The number of rotatable bonds is 5. The number of ether oxygens (including phenoxy) is 3. The van der Waals surface area contributed by atoms with Crippen LogP contribution < -0.4 is 14.8 Å². The number of carbonyl (C=O) groups excluding carboxylic acids is 2. The molecule has 2 atom stereocenters. The fourth-order valence-electron chi connectivity index (χ4n) is 7.20. The van der Waals surface area contributed by atoms with Crippen LogP contribution in [0.25, 0.3) is 0 Å². The Labute approximate surface area is 193 Å². The molecule has 172 valence electrons. The second-order valence-corrected chi connectivity index (χ2v) is 10.6. The van der Waals surface area contributed by atoms with Gasteiger partial charge in [-0.15, -0.1) is 0 Å². The monoisotopic (exact) mass is 447 g/mol. The van der Waals surface area contributed by atoms with E-state index in [1.807, 2.05) is 0 Å². The smallest absolute Gasteiger partial charge is 0.312 e. The zero-order valence-electron chi connectivity index (χ0n) is 18.9. The molecule has 4 fully saturated rings. The second kappa shape index (κ2) is 7.51. The summed E-state index contributed by atoms with van der Waals surface area (Å²) < 4.78 is 16.3. The standard InChI is InChI=1S/C27H29NO5/c1-17-2-4-20(5-3-17)26-10-18-8-19(11-26)13-27(12-18,15-26)25(30)31-14-24(29)28-21-6-7-22-23(9-21)33-16-32-22/h2-7,9,18-19H,8,10-16H2,1H3,(H,28,29)/t18-,19-,26?,27?/m1/s1. The highest BCUT2D eigenvalue weighted by atomic mass is 16.7. The van der Waals surface area contributed by atoms with Gasteiger partial charge in [-0.3, -0.25) is 9.59 Å². The summed E-state index contributed by atoms with van der Waals surface area (Å²) in [5.41, 5.74) is 2.80. The van der Waals surface area contributed by atoms with E-state index in [0.29, 0.717) is 29.0 Å². The van der Waals surface area contributed by atoms with Gasteiger partial charge in [0, 0.05) is 11.8 Å². The summed E-state index contributed by atoms with van der Waals surface area (Å²) in [5.74, 6) is 1.82. The number of aryl methyl sites for hydroxylation is 1. The molecule has 2 aromatic carbocycles. The number of hydrogen-bond acceptors (Lipinski definition) is 5. The third-order valence-corrected chi connectivity index (χ3v) is 8.15. The molecular weight excluding hydrogens is 418 g/mol. The minimum Gasteiger partial charge on any atom is -0.455 e. The van der Waals surface area contributed by atoms with Crippen molar-refractivity contribution in [1.82, 2.24) is 0 Å². The number of esters is 1. The van der Waals surface area contributed by atoms with Crippen LogP contribution in [0.3, 0.4) is 0 Å². The molecule has 2 aromatic rings. The number of nitrogens with one attached hydrogen (secondary N) is 1.